The van der Waals surface area contributed by atoms with Gasteiger partial charge < -0.3 is 5.73 Å². The minimum Gasteiger partial charge on any atom is -0.330 e. The SMILES string of the molecule is CC(CN)c1cccc2nnn(C3CC3)c12. The average Bonchev–Trinajstić information content (AvgIpc) is 3.07. The zero-order valence-corrected chi connectivity index (χ0v) is 9.43. The molecule has 1 aromatic heterocycles. The zero-order valence-electron chi connectivity index (χ0n) is 9.43. The number of para-hydroxylation sites is 1. The standard InChI is InChI=1S/C12H16N4/c1-8(7-13)10-3-2-4-11-12(10)16(15-14-11)9-5-6-9/h2-4,8-9H,5-7,13H2,1H3. The number of fused-ring (bicyclic) bond motifs is 1. The summed E-state index contributed by atoms with van der Waals surface area (Å²) in [6, 6.07) is 6.77. The van der Waals surface area contributed by atoms with Gasteiger partial charge in [0.2, 0.25) is 0 Å². The van der Waals surface area contributed by atoms with Gasteiger partial charge in [0, 0.05) is 0 Å². The van der Waals surface area contributed by atoms with Crippen LogP contribution in [0.4, 0.5) is 0 Å². The molecule has 1 unspecified atom stereocenters. The lowest BCUT2D eigenvalue weighted by Crippen LogP contribution is -2.10. The summed E-state index contributed by atoms with van der Waals surface area (Å²) < 4.78 is 2.08. The van der Waals surface area contributed by atoms with Crippen molar-refractivity contribution in [3.63, 3.8) is 0 Å². The molecular formula is C12H16N4. The number of benzene rings is 1. The summed E-state index contributed by atoms with van der Waals surface area (Å²) in [5.41, 5.74) is 9.20. The maximum absolute atomic E-state index is 5.76. The Morgan fingerprint density at radius 2 is 2.31 bits per heavy atom. The van der Waals surface area contributed by atoms with Crippen molar-refractivity contribution < 1.29 is 0 Å². The van der Waals surface area contributed by atoms with Gasteiger partial charge in [-0.15, -0.1) is 5.10 Å². The topological polar surface area (TPSA) is 56.7 Å². The molecule has 1 atom stereocenters. The maximum Gasteiger partial charge on any atom is 0.113 e. The number of nitrogens with zero attached hydrogens (tertiary/aromatic N) is 3. The fourth-order valence-electron chi connectivity index (χ4n) is 2.12. The van der Waals surface area contributed by atoms with Gasteiger partial charge in [-0.25, -0.2) is 4.68 Å². The van der Waals surface area contributed by atoms with Crippen LogP contribution in [-0.2, 0) is 0 Å². The van der Waals surface area contributed by atoms with E-state index in [1.165, 1.54) is 23.9 Å². The molecule has 1 aliphatic carbocycles. The van der Waals surface area contributed by atoms with Crippen molar-refractivity contribution in [2.24, 2.45) is 5.73 Å². The van der Waals surface area contributed by atoms with Gasteiger partial charge in [0.05, 0.1) is 11.6 Å². The van der Waals surface area contributed by atoms with Crippen molar-refractivity contribution in [1.82, 2.24) is 15.0 Å². The molecule has 4 nitrogen and oxygen atoms in total. The van der Waals surface area contributed by atoms with E-state index in [0.29, 0.717) is 18.5 Å². The predicted octanol–water partition coefficient (Wildman–Crippen LogP) is 1.83. The summed E-state index contributed by atoms with van der Waals surface area (Å²) in [6.07, 6.45) is 2.45. The Balaban J connectivity index is 2.21. The van der Waals surface area contributed by atoms with Crippen LogP contribution in [0.3, 0.4) is 0 Å². The van der Waals surface area contributed by atoms with Crippen LogP contribution >= 0.6 is 0 Å². The van der Waals surface area contributed by atoms with E-state index in [0.717, 1.165) is 5.52 Å². The predicted molar refractivity (Wildman–Crippen MR) is 63.3 cm³/mol. The van der Waals surface area contributed by atoms with Gasteiger partial charge >= 0.3 is 0 Å². The molecule has 3 rings (SSSR count). The van der Waals surface area contributed by atoms with Crippen LogP contribution in [-0.4, -0.2) is 21.5 Å². The van der Waals surface area contributed by atoms with Crippen molar-refractivity contribution in [3.8, 4) is 0 Å². The first kappa shape index (κ1) is 9.78. The molecule has 0 spiro atoms. The summed E-state index contributed by atoms with van der Waals surface area (Å²) in [7, 11) is 0. The van der Waals surface area contributed by atoms with Gasteiger partial charge in [-0.3, -0.25) is 0 Å². The molecule has 2 aromatic rings. The van der Waals surface area contributed by atoms with Crippen molar-refractivity contribution in [2.75, 3.05) is 6.54 Å². The molecule has 0 bridgehead atoms. The van der Waals surface area contributed by atoms with Crippen molar-refractivity contribution in [1.29, 1.82) is 0 Å². The molecule has 2 N–H and O–H groups in total. The van der Waals surface area contributed by atoms with Gasteiger partial charge in [-0.2, -0.15) is 0 Å². The van der Waals surface area contributed by atoms with E-state index in [9.17, 15) is 0 Å². The summed E-state index contributed by atoms with van der Waals surface area (Å²) >= 11 is 0. The Labute approximate surface area is 94.4 Å². The Hall–Kier alpha value is -1.42. The summed E-state index contributed by atoms with van der Waals surface area (Å²) in [5, 5.41) is 8.49. The first-order valence-electron chi connectivity index (χ1n) is 5.85. The first-order valence-corrected chi connectivity index (χ1v) is 5.85. The van der Waals surface area contributed by atoms with Gasteiger partial charge in [-0.1, -0.05) is 24.3 Å². The van der Waals surface area contributed by atoms with E-state index in [1.807, 2.05) is 12.1 Å². The van der Waals surface area contributed by atoms with Gasteiger partial charge in [-0.05, 0) is 36.9 Å². The smallest absolute Gasteiger partial charge is 0.113 e. The van der Waals surface area contributed by atoms with Crippen molar-refractivity contribution >= 4 is 11.0 Å². The highest BCUT2D eigenvalue weighted by molar-refractivity contribution is 5.79. The third-order valence-corrected chi connectivity index (χ3v) is 3.30. The number of rotatable bonds is 3. The molecule has 84 valence electrons. The van der Waals surface area contributed by atoms with Crippen LogP contribution in [0.1, 0.15) is 37.3 Å². The van der Waals surface area contributed by atoms with Crippen LogP contribution in [0.2, 0.25) is 0 Å². The molecule has 0 radical (unpaired) electrons. The lowest BCUT2D eigenvalue weighted by Gasteiger charge is -2.11. The number of nitrogens with two attached hydrogens (primary N) is 1. The summed E-state index contributed by atoms with van der Waals surface area (Å²) in [5.74, 6) is 0.361. The molecule has 16 heavy (non-hydrogen) atoms. The summed E-state index contributed by atoms with van der Waals surface area (Å²) in [4.78, 5) is 0. The number of hydrogen-bond donors (Lipinski definition) is 1. The fourth-order valence-corrected chi connectivity index (χ4v) is 2.12. The minimum absolute atomic E-state index is 0.361. The molecule has 1 saturated carbocycles. The molecule has 1 heterocycles. The van der Waals surface area contributed by atoms with Crippen molar-refractivity contribution in [3.05, 3.63) is 23.8 Å². The quantitative estimate of drug-likeness (QED) is 0.851. The number of aromatic nitrogens is 3. The lowest BCUT2D eigenvalue weighted by molar-refractivity contribution is 0.625. The minimum atomic E-state index is 0.361. The molecule has 1 aromatic carbocycles. The van der Waals surface area contributed by atoms with E-state index >= 15 is 0 Å². The number of hydrogen-bond acceptors (Lipinski definition) is 3. The molecule has 0 saturated heterocycles. The van der Waals surface area contributed by atoms with Gasteiger partial charge in [0.25, 0.3) is 0 Å². The van der Waals surface area contributed by atoms with Crippen molar-refractivity contribution in [2.45, 2.75) is 31.7 Å². The van der Waals surface area contributed by atoms with Crippen LogP contribution < -0.4 is 5.73 Å². The second kappa shape index (κ2) is 3.56. The van der Waals surface area contributed by atoms with Crippen LogP contribution in [0.5, 0.6) is 0 Å². The van der Waals surface area contributed by atoms with E-state index in [-0.39, 0.29) is 0 Å². The fraction of sp³-hybridized carbons (Fsp3) is 0.500. The molecule has 1 fully saturated rings. The maximum atomic E-state index is 5.76. The Bertz CT molecular complexity index is 513. The second-order valence-corrected chi connectivity index (χ2v) is 4.62. The van der Waals surface area contributed by atoms with Crippen LogP contribution in [0, 0.1) is 0 Å². The normalized spacial score (nSPS) is 17.9. The highest BCUT2D eigenvalue weighted by atomic mass is 15.4. The lowest BCUT2D eigenvalue weighted by atomic mass is 10.00. The molecule has 4 heteroatoms. The van der Waals surface area contributed by atoms with Crippen LogP contribution in [0.15, 0.2) is 18.2 Å². The largest absolute Gasteiger partial charge is 0.330 e. The Morgan fingerprint density at radius 3 is 3.00 bits per heavy atom. The first-order chi connectivity index (χ1) is 7.81. The van der Waals surface area contributed by atoms with E-state index in [1.54, 1.807) is 0 Å². The van der Waals surface area contributed by atoms with E-state index < -0.39 is 0 Å². The molecule has 1 aliphatic rings. The second-order valence-electron chi connectivity index (χ2n) is 4.62. The monoisotopic (exact) mass is 216 g/mol. The summed E-state index contributed by atoms with van der Waals surface area (Å²) in [6.45, 7) is 2.81. The van der Waals surface area contributed by atoms with E-state index in [2.05, 4.69) is 28.0 Å². The zero-order chi connectivity index (χ0) is 11.1. The van der Waals surface area contributed by atoms with E-state index in [4.69, 9.17) is 5.73 Å². The van der Waals surface area contributed by atoms with Crippen LogP contribution in [0.25, 0.3) is 11.0 Å². The molecular weight excluding hydrogens is 200 g/mol. The highest BCUT2D eigenvalue weighted by Crippen LogP contribution is 2.37. The third kappa shape index (κ3) is 1.41. The molecule has 0 aliphatic heterocycles. The van der Waals surface area contributed by atoms with Gasteiger partial charge in [0.15, 0.2) is 0 Å². The average molecular weight is 216 g/mol. The highest BCUT2D eigenvalue weighted by Gasteiger charge is 2.27. The molecule has 0 amide bonds. The Morgan fingerprint density at radius 1 is 1.50 bits per heavy atom. The third-order valence-electron chi connectivity index (χ3n) is 3.30. The Kier molecular flexibility index (Phi) is 2.17. The van der Waals surface area contributed by atoms with Gasteiger partial charge in [0.1, 0.15) is 5.52 Å².